The van der Waals surface area contributed by atoms with Gasteiger partial charge in [0.2, 0.25) is 0 Å². The van der Waals surface area contributed by atoms with Gasteiger partial charge in [-0.2, -0.15) is 5.10 Å². The van der Waals surface area contributed by atoms with Crippen LogP contribution in [-0.4, -0.2) is 9.78 Å². The van der Waals surface area contributed by atoms with Gasteiger partial charge in [0, 0.05) is 16.8 Å². The zero-order chi connectivity index (χ0) is 11.7. The van der Waals surface area contributed by atoms with E-state index in [-0.39, 0.29) is 5.82 Å². The van der Waals surface area contributed by atoms with Crippen molar-refractivity contribution < 1.29 is 4.39 Å². The molecule has 2 N–H and O–H groups in total. The van der Waals surface area contributed by atoms with E-state index in [9.17, 15) is 4.39 Å². The summed E-state index contributed by atoms with van der Waals surface area (Å²) in [7, 11) is 0. The van der Waals surface area contributed by atoms with Crippen LogP contribution in [0.4, 0.5) is 10.2 Å². The third-order valence-corrected chi connectivity index (χ3v) is 2.93. The summed E-state index contributed by atoms with van der Waals surface area (Å²) in [5.74, 6) is 0.0667. The van der Waals surface area contributed by atoms with Crippen molar-refractivity contribution >= 4 is 33.3 Å². The molecule has 0 aliphatic heterocycles. The highest BCUT2D eigenvalue weighted by Crippen LogP contribution is 2.19. The molecule has 0 saturated carbocycles. The van der Waals surface area contributed by atoms with E-state index in [1.807, 2.05) is 0 Å². The van der Waals surface area contributed by atoms with Crippen molar-refractivity contribution in [3.63, 3.8) is 0 Å². The van der Waals surface area contributed by atoms with Crippen LogP contribution in [0.15, 0.2) is 28.9 Å². The van der Waals surface area contributed by atoms with Crippen LogP contribution in [0, 0.1) is 5.82 Å². The monoisotopic (exact) mass is 303 g/mol. The van der Waals surface area contributed by atoms with Crippen molar-refractivity contribution in [3.05, 3.63) is 45.3 Å². The number of rotatable bonds is 2. The van der Waals surface area contributed by atoms with Crippen molar-refractivity contribution in [2.24, 2.45) is 0 Å². The smallest absolute Gasteiger partial charge is 0.159 e. The zero-order valence-corrected chi connectivity index (χ0v) is 10.5. The number of hydrogen-bond donors (Lipinski definition) is 1. The molecular formula is C10H8BrClFN3. The van der Waals surface area contributed by atoms with Gasteiger partial charge in [0.15, 0.2) is 5.82 Å². The standard InChI is InChI=1S/C10H8BrClFN3/c11-8-5-16(15-10(8)14)4-6-3-7(12)1-2-9(6)13/h1-3,5H,4H2,(H2,14,15). The second kappa shape index (κ2) is 4.43. The minimum Gasteiger partial charge on any atom is -0.381 e. The van der Waals surface area contributed by atoms with Gasteiger partial charge in [0.1, 0.15) is 5.82 Å². The molecule has 0 saturated heterocycles. The van der Waals surface area contributed by atoms with Crippen LogP contribution in [0.5, 0.6) is 0 Å². The molecule has 0 unspecified atom stereocenters. The largest absolute Gasteiger partial charge is 0.381 e. The summed E-state index contributed by atoms with van der Waals surface area (Å²) in [5.41, 5.74) is 6.04. The summed E-state index contributed by atoms with van der Waals surface area (Å²) >= 11 is 9.02. The molecule has 0 atom stereocenters. The van der Waals surface area contributed by atoms with E-state index >= 15 is 0 Å². The predicted molar refractivity (Wildman–Crippen MR) is 64.9 cm³/mol. The fourth-order valence-corrected chi connectivity index (χ4v) is 1.84. The van der Waals surface area contributed by atoms with Gasteiger partial charge in [0.25, 0.3) is 0 Å². The van der Waals surface area contributed by atoms with E-state index in [1.165, 1.54) is 12.1 Å². The van der Waals surface area contributed by atoms with Crippen LogP contribution in [0.25, 0.3) is 0 Å². The number of nitrogens with two attached hydrogens (primary N) is 1. The van der Waals surface area contributed by atoms with E-state index in [0.29, 0.717) is 27.4 Å². The maximum atomic E-state index is 13.4. The van der Waals surface area contributed by atoms with Gasteiger partial charge in [-0.15, -0.1) is 0 Å². The van der Waals surface area contributed by atoms with Crippen molar-refractivity contribution in [1.29, 1.82) is 0 Å². The van der Waals surface area contributed by atoms with Crippen molar-refractivity contribution in [2.75, 3.05) is 5.73 Å². The summed E-state index contributed by atoms with van der Waals surface area (Å²) in [5, 5.41) is 4.51. The third kappa shape index (κ3) is 2.36. The highest BCUT2D eigenvalue weighted by Gasteiger charge is 2.07. The summed E-state index contributed by atoms with van der Waals surface area (Å²) in [4.78, 5) is 0. The van der Waals surface area contributed by atoms with E-state index in [2.05, 4.69) is 21.0 Å². The minimum absolute atomic E-state index is 0.294. The normalized spacial score (nSPS) is 10.7. The number of halogens is 3. The fraction of sp³-hybridized carbons (Fsp3) is 0.100. The molecule has 0 amide bonds. The quantitative estimate of drug-likeness (QED) is 0.926. The summed E-state index contributed by atoms with van der Waals surface area (Å²) in [6.07, 6.45) is 1.69. The Morgan fingerprint density at radius 2 is 2.25 bits per heavy atom. The summed E-state index contributed by atoms with van der Waals surface area (Å²) in [6, 6.07) is 4.41. The SMILES string of the molecule is Nc1nn(Cc2cc(Cl)ccc2F)cc1Br. The second-order valence-corrected chi connectivity index (χ2v) is 4.59. The first-order valence-corrected chi connectivity index (χ1v) is 5.65. The Morgan fingerprint density at radius 3 is 2.88 bits per heavy atom. The molecule has 0 bridgehead atoms. The van der Waals surface area contributed by atoms with E-state index in [4.69, 9.17) is 17.3 Å². The van der Waals surface area contributed by atoms with Crippen LogP contribution >= 0.6 is 27.5 Å². The maximum Gasteiger partial charge on any atom is 0.159 e. The Bertz CT molecular complexity index is 507. The minimum atomic E-state index is -0.311. The molecule has 0 aliphatic rings. The van der Waals surface area contributed by atoms with Gasteiger partial charge in [-0.05, 0) is 34.1 Å². The number of anilines is 1. The van der Waals surface area contributed by atoms with Crippen molar-refractivity contribution in [3.8, 4) is 0 Å². The molecule has 0 fully saturated rings. The van der Waals surface area contributed by atoms with Gasteiger partial charge in [0.05, 0.1) is 11.0 Å². The Hall–Kier alpha value is -1.07. The van der Waals surface area contributed by atoms with Crippen LogP contribution in [0.2, 0.25) is 5.02 Å². The first-order chi connectivity index (χ1) is 7.56. The van der Waals surface area contributed by atoms with E-state index in [0.717, 1.165) is 0 Å². The zero-order valence-electron chi connectivity index (χ0n) is 8.12. The lowest BCUT2D eigenvalue weighted by Gasteiger charge is -2.03. The van der Waals surface area contributed by atoms with Crippen LogP contribution in [-0.2, 0) is 6.54 Å². The number of aromatic nitrogens is 2. The van der Waals surface area contributed by atoms with Crippen LogP contribution in [0.3, 0.4) is 0 Å². The summed E-state index contributed by atoms with van der Waals surface area (Å²) in [6.45, 7) is 0.294. The predicted octanol–water partition coefficient (Wildman–Crippen LogP) is 3.07. The van der Waals surface area contributed by atoms with Crippen molar-refractivity contribution in [1.82, 2.24) is 9.78 Å². The molecule has 2 aromatic rings. The molecule has 1 aromatic carbocycles. The molecule has 84 valence electrons. The highest BCUT2D eigenvalue weighted by molar-refractivity contribution is 9.10. The second-order valence-electron chi connectivity index (χ2n) is 3.30. The molecule has 3 nitrogen and oxygen atoms in total. The van der Waals surface area contributed by atoms with E-state index in [1.54, 1.807) is 16.9 Å². The van der Waals surface area contributed by atoms with Gasteiger partial charge in [-0.3, -0.25) is 4.68 Å². The highest BCUT2D eigenvalue weighted by atomic mass is 79.9. The van der Waals surface area contributed by atoms with E-state index < -0.39 is 0 Å². The summed E-state index contributed by atoms with van der Waals surface area (Å²) < 4.78 is 15.7. The Balaban J connectivity index is 2.29. The Kier molecular flexibility index (Phi) is 3.16. The lowest BCUT2D eigenvalue weighted by atomic mass is 10.2. The van der Waals surface area contributed by atoms with Gasteiger partial charge < -0.3 is 5.73 Å². The lowest BCUT2D eigenvalue weighted by molar-refractivity contribution is 0.586. The number of nitrogen functional groups attached to an aromatic ring is 1. The molecule has 1 heterocycles. The number of benzene rings is 1. The number of nitrogens with zero attached hydrogens (tertiary/aromatic N) is 2. The molecular weight excluding hydrogens is 296 g/mol. The van der Waals surface area contributed by atoms with Gasteiger partial charge in [-0.1, -0.05) is 11.6 Å². The Labute approximate surface area is 105 Å². The van der Waals surface area contributed by atoms with Crippen LogP contribution in [0.1, 0.15) is 5.56 Å². The van der Waals surface area contributed by atoms with Gasteiger partial charge >= 0.3 is 0 Å². The third-order valence-electron chi connectivity index (χ3n) is 2.08. The lowest BCUT2D eigenvalue weighted by Crippen LogP contribution is -2.03. The molecule has 0 aliphatic carbocycles. The van der Waals surface area contributed by atoms with Crippen LogP contribution < -0.4 is 5.73 Å². The molecule has 16 heavy (non-hydrogen) atoms. The van der Waals surface area contributed by atoms with Crippen molar-refractivity contribution in [2.45, 2.75) is 6.54 Å². The molecule has 0 spiro atoms. The average Bonchev–Trinajstić information content (AvgIpc) is 2.52. The first kappa shape index (κ1) is 11.4. The Morgan fingerprint density at radius 1 is 1.50 bits per heavy atom. The average molecular weight is 305 g/mol. The fourth-order valence-electron chi connectivity index (χ4n) is 1.33. The molecule has 0 radical (unpaired) electrons. The topological polar surface area (TPSA) is 43.8 Å². The molecule has 1 aromatic heterocycles. The molecule has 6 heteroatoms. The molecule has 2 rings (SSSR count). The maximum absolute atomic E-state index is 13.4. The van der Waals surface area contributed by atoms with Gasteiger partial charge in [-0.25, -0.2) is 4.39 Å². The number of hydrogen-bond acceptors (Lipinski definition) is 2. The first-order valence-electron chi connectivity index (χ1n) is 4.48.